The van der Waals surface area contributed by atoms with Crippen molar-refractivity contribution in [3.63, 3.8) is 0 Å². The summed E-state index contributed by atoms with van der Waals surface area (Å²) in [5.41, 5.74) is 2.67. The number of benzene rings is 2. The lowest BCUT2D eigenvalue weighted by Gasteiger charge is -2.13. The number of anilines is 1. The zero-order valence-corrected chi connectivity index (χ0v) is 16.9. The summed E-state index contributed by atoms with van der Waals surface area (Å²) in [6, 6.07) is 17.7. The molecule has 2 aromatic carbocycles. The molecule has 0 saturated carbocycles. The monoisotopic (exact) mass is 429 g/mol. The van der Waals surface area contributed by atoms with Crippen LogP contribution >= 0.6 is 0 Å². The van der Waals surface area contributed by atoms with Crippen molar-refractivity contribution < 1.29 is 22.8 Å². The third kappa shape index (κ3) is 6.21. The summed E-state index contributed by atoms with van der Waals surface area (Å²) < 4.78 is 38.8. The number of aromatic nitrogens is 1. The highest BCUT2D eigenvalue weighted by atomic mass is 19.4. The Hall–Kier alpha value is -3.55. The number of nitrogens with zero attached hydrogens (tertiary/aromatic N) is 1. The second-order valence-corrected chi connectivity index (χ2v) is 7.10. The van der Waals surface area contributed by atoms with Crippen LogP contribution in [0.15, 0.2) is 66.9 Å². The van der Waals surface area contributed by atoms with Crippen LogP contribution in [0.1, 0.15) is 32.0 Å². The summed E-state index contributed by atoms with van der Waals surface area (Å²) >= 11 is 0. The number of rotatable bonds is 7. The number of aryl methyl sites for hydroxylation is 3. The Kier molecular flexibility index (Phi) is 6.79. The SMILES string of the molecule is Cc1ccc(C(=O)NCC(F)(F)F)cc1NC(=O)c1cccn1CCc1ccccc1. The number of alkyl halides is 3. The van der Waals surface area contributed by atoms with E-state index in [1.807, 2.05) is 46.4 Å². The highest BCUT2D eigenvalue weighted by Gasteiger charge is 2.28. The van der Waals surface area contributed by atoms with E-state index in [0.717, 1.165) is 12.0 Å². The number of hydrogen-bond acceptors (Lipinski definition) is 2. The number of amides is 2. The largest absolute Gasteiger partial charge is 0.405 e. The zero-order valence-electron chi connectivity index (χ0n) is 16.9. The predicted molar refractivity (Wildman–Crippen MR) is 112 cm³/mol. The highest BCUT2D eigenvalue weighted by molar-refractivity contribution is 6.04. The van der Waals surface area contributed by atoms with Gasteiger partial charge < -0.3 is 15.2 Å². The summed E-state index contributed by atoms with van der Waals surface area (Å²) in [6.07, 6.45) is -1.93. The Bertz CT molecular complexity index is 1060. The van der Waals surface area contributed by atoms with Gasteiger partial charge in [-0.2, -0.15) is 13.2 Å². The molecule has 31 heavy (non-hydrogen) atoms. The van der Waals surface area contributed by atoms with Crippen molar-refractivity contribution in [2.75, 3.05) is 11.9 Å². The normalized spacial score (nSPS) is 11.2. The maximum Gasteiger partial charge on any atom is 0.405 e. The van der Waals surface area contributed by atoms with Gasteiger partial charge in [0.1, 0.15) is 12.2 Å². The number of carbonyl (C=O) groups is 2. The van der Waals surface area contributed by atoms with Crippen LogP contribution in [-0.2, 0) is 13.0 Å². The molecular weight excluding hydrogens is 407 g/mol. The van der Waals surface area contributed by atoms with Gasteiger partial charge in [-0.05, 0) is 48.7 Å². The molecule has 0 bridgehead atoms. The van der Waals surface area contributed by atoms with Crippen molar-refractivity contribution in [2.24, 2.45) is 0 Å². The Morgan fingerprint density at radius 1 is 0.968 bits per heavy atom. The Morgan fingerprint density at radius 3 is 2.42 bits per heavy atom. The minimum Gasteiger partial charge on any atom is -0.343 e. The molecule has 0 aliphatic rings. The fourth-order valence-corrected chi connectivity index (χ4v) is 3.08. The molecule has 8 heteroatoms. The standard InChI is InChI=1S/C23H22F3N3O2/c1-16-9-10-18(21(30)27-15-23(24,25)26)14-19(16)28-22(31)20-8-5-12-29(20)13-11-17-6-3-2-4-7-17/h2-10,12,14H,11,13,15H2,1H3,(H,27,30)(H,28,31). The van der Waals surface area contributed by atoms with Gasteiger partial charge in [-0.25, -0.2) is 0 Å². The van der Waals surface area contributed by atoms with E-state index in [2.05, 4.69) is 5.32 Å². The average molecular weight is 429 g/mol. The summed E-state index contributed by atoms with van der Waals surface area (Å²) in [7, 11) is 0. The summed E-state index contributed by atoms with van der Waals surface area (Å²) in [6.45, 7) is 0.927. The number of nitrogens with one attached hydrogen (secondary N) is 2. The van der Waals surface area contributed by atoms with Crippen LogP contribution in [0.25, 0.3) is 0 Å². The van der Waals surface area contributed by atoms with Crippen LogP contribution < -0.4 is 10.6 Å². The van der Waals surface area contributed by atoms with Gasteiger partial charge in [0.25, 0.3) is 11.8 Å². The van der Waals surface area contributed by atoms with E-state index in [0.29, 0.717) is 23.5 Å². The quantitative estimate of drug-likeness (QED) is 0.577. The smallest absolute Gasteiger partial charge is 0.343 e. The van der Waals surface area contributed by atoms with E-state index < -0.39 is 18.6 Å². The van der Waals surface area contributed by atoms with E-state index >= 15 is 0 Å². The molecule has 5 nitrogen and oxygen atoms in total. The van der Waals surface area contributed by atoms with Gasteiger partial charge in [-0.3, -0.25) is 9.59 Å². The van der Waals surface area contributed by atoms with Gasteiger partial charge in [-0.15, -0.1) is 0 Å². The van der Waals surface area contributed by atoms with E-state index in [1.165, 1.54) is 12.1 Å². The molecule has 0 radical (unpaired) electrons. The Balaban J connectivity index is 1.69. The van der Waals surface area contributed by atoms with E-state index in [1.54, 1.807) is 25.1 Å². The average Bonchev–Trinajstić information content (AvgIpc) is 3.21. The lowest BCUT2D eigenvalue weighted by Crippen LogP contribution is -2.33. The second kappa shape index (κ2) is 9.51. The zero-order chi connectivity index (χ0) is 22.4. The first kappa shape index (κ1) is 22.1. The molecule has 0 aliphatic carbocycles. The topological polar surface area (TPSA) is 63.1 Å². The predicted octanol–water partition coefficient (Wildman–Crippen LogP) is 4.58. The molecule has 0 atom stereocenters. The summed E-state index contributed by atoms with van der Waals surface area (Å²) in [5, 5.41) is 4.58. The molecule has 0 spiro atoms. The third-order valence-electron chi connectivity index (χ3n) is 4.74. The van der Waals surface area contributed by atoms with Crippen LogP contribution in [0, 0.1) is 6.92 Å². The number of carbonyl (C=O) groups excluding carboxylic acids is 2. The van der Waals surface area contributed by atoms with Crippen molar-refractivity contribution in [1.82, 2.24) is 9.88 Å². The molecule has 1 heterocycles. The second-order valence-electron chi connectivity index (χ2n) is 7.10. The first-order valence-corrected chi connectivity index (χ1v) is 9.69. The van der Waals surface area contributed by atoms with Gasteiger partial charge in [0.15, 0.2) is 0 Å². The first-order valence-electron chi connectivity index (χ1n) is 9.69. The van der Waals surface area contributed by atoms with Crippen LogP contribution in [0.2, 0.25) is 0 Å². The summed E-state index contributed by atoms with van der Waals surface area (Å²) in [4.78, 5) is 24.8. The molecule has 0 aliphatic heterocycles. The molecule has 2 amide bonds. The van der Waals surface area contributed by atoms with E-state index in [9.17, 15) is 22.8 Å². The lowest BCUT2D eigenvalue weighted by atomic mass is 10.1. The third-order valence-corrected chi connectivity index (χ3v) is 4.74. The number of halogens is 3. The summed E-state index contributed by atoms with van der Waals surface area (Å²) in [5.74, 6) is -1.23. The van der Waals surface area contributed by atoms with Crippen LogP contribution in [0.4, 0.5) is 18.9 Å². The van der Waals surface area contributed by atoms with Gasteiger partial charge in [0.2, 0.25) is 0 Å². The lowest BCUT2D eigenvalue weighted by molar-refractivity contribution is -0.123. The molecule has 162 valence electrons. The van der Waals surface area contributed by atoms with Crippen LogP contribution in [-0.4, -0.2) is 29.1 Å². The molecule has 0 saturated heterocycles. The van der Waals surface area contributed by atoms with E-state index in [4.69, 9.17) is 0 Å². The maximum atomic E-state index is 12.8. The molecular formula is C23H22F3N3O2. The van der Waals surface area contributed by atoms with Crippen LogP contribution in [0.5, 0.6) is 0 Å². The fourth-order valence-electron chi connectivity index (χ4n) is 3.08. The molecule has 0 unspecified atom stereocenters. The fraction of sp³-hybridized carbons (Fsp3) is 0.217. The molecule has 0 fully saturated rings. The van der Waals surface area contributed by atoms with Crippen LogP contribution in [0.3, 0.4) is 0 Å². The van der Waals surface area contributed by atoms with Crippen molar-refractivity contribution in [3.8, 4) is 0 Å². The molecule has 2 N–H and O–H groups in total. The maximum absolute atomic E-state index is 12.8. The Labute approximate surface area is 177 Å². The van der Waals surface area contributed by atoms with Gasteiger partial charge >= 0.3 is 6.18 Å². The molecule has 3 aromatic rings. The molecule has 1 aromatic heterocycles. The first-order chi connectivity index (χ1) is 14.7. The Morgan fingerprint density at radius 2 is 1.71 bits per heavy atom. The van der Waals surface area contributed by atoms with Crippen molar-refractivity contribution in [1.29, 1.82) is 0 Å². The van der Waals surface area contributed by atoms with Crippen molar-refractivity contribution in [2.45, 2.75) is 26.1 Å². The highest BCUT2D eigenvalue weighted by Crippen LogP contribution is 2.19. The van der Waals surface area contributed by atoms with Gasteiger partial charge in [-0.1, -0.05) is 36.4 Å². The van der Waals surface area contributed by atoms with E-state index in [-0.39, 0.29) is 11.5 Å². The minimum absolute atomic E-state index is 0.0320. The van der Waals surface area contributed by atoms with Gasteiger partial charge in [0.05, 0.1) is 0 Å². The van der Waals surface area contributed by atoms with Crippen molar-refractivity contribution >= 4 is 17.5 Å². The number of hydrogen-bond donors (Lipinski definition) is 2. The molecule has 3 rings (SSSR count). The van der Waals surface area contributed by atoms with Crippen molar-refractivity contribution in [3.05, 3.63) is 89.2 Å². The van der Waals surface area contributed by atoms with Gasteiger partial charge in [0, 0.05) is 24.0 Å². The minimum atomic E-state index is -4.50.